The molecule has 1 rings (SSSR count). The Morgan fingerprint density at radius 3 is 2.83 bits per heavy atom. The van der Waals surface area contributed by atoms with Crippen LogP contribution in [0.4, 0.5) is 0 Å². The van der Waals surface area contributed by atoms with Gasteiger partial charge in [0.2, 0.25) is 9.05 Å². The van der Waals surface area contributed by atoms with E-state index in [1.54, 1.807) is 0 Å². The largest absolute Gasteiger partial charge is 0.473 e. The first-order valence-corrected chi connectivity index (χ1v) is 6.22. The number of ether oxygens (including phenoxy) is 1. The average molecular weight is 228 g/mol. The van der Waals surface area contributed by atoms with Crippen LogP contribution < -0.4 is 4.74 Å². The third-order valence-electron chi connectivity index (χ3n) is 1.02. The number of nitrogens with zero attached hydrogens (tertiary/aromatic N) is 1. The van der Waals surface area contributed by atoms with Gasteiger partial charge in [-0.15, -0.1) is 0 Å². The van der Waals surface area contributed by atoms with Gasteiger partial charge in [0, 0.05) is 21.8 Å². The lowest BCUT2D eigenvalue weighted by molar-refractivity contribution is 0.412. The third-order valence-corrected chi connectivity index (χ3v) is 3.15. The molecule has 0 bridgehead atoms. The summed E-state index contributed by atoms with van der Waals surface area (Å²) in [6.07, 6.45) is 1.43. The molecule has 0 aliphatic carbocycles. The highest BCUT2D eigenvalue weighted by Gasteiger charge is 2.10. The van der Waals surface area contributed by atoms with Gasteiger partial charge >= 0.3 is 0 Å². The molecular weight excluding hydrogens is 222 g/mol. The van der Waals surface area contributed by atoms with Gasteiger partial charge in [-0.3, -0.25) is 0 Å². The lowest BCUT2D eigenvalue weighted by Crippen LogP contribution is -1.91. The molecule has 0 N–H and O–H groups in total. The minimum atomic E-state index is -3.48. The molecule has 0 aliphatic heterocycles. The van der Waals surface area contributed by atoms with E-state index in [4.69, 9.17) is 15.4 Å². The van der Waals surface area contributed by atoms with Crippen LogP contribution in [0, 0.1) is 0 Å². The maximum Gasteiger partial charge on any atom is 0.273 e. The summed E-state index contributed by atoms with van der Waals surface area (Å²) in [6.45, 7) is 0. The van der Waals surface area contributed by atoms with E-state index in [1.165, 1.54) is 13.3 Å². The topological polar surface area (TPSA) is 56.3 Å². The third kappa shape index (κ3) is 2.96. The Kier molecular flexibility index (Phi) is 2.92. The van der Waals surface area contributed by atoms with Gasteiger partial charge in [-0.2, -0.15) is 0 Å². The summed E-state index contributed by atoms with van der Waals surface area (Å²) in [4.78, 5) is 4.36. The van der Waals surface area contributed by atoms with Crippen molar-refractivity contribution in [2.45, 2.75) is 5.75 Å². The van der Waals surface area contributed by atoms with Crippen molar-refractivity contribution in [3.63, 3.8) is 0 Å². The summed E-state index contributed by atoms with van der Waals surface area (Å²) in [5.74, 6) is -0.199. The van der Waals surface area contributed by atoms with Crippen molar-refractivity contribution < 1.29 is 13.2 Å². The molecule has 0 atom stereocenters. The number of thiazole rings is 1. The van der Waals surface area contributed by atoms with E-state index >= 15 is 0 Å². The molecule has 1 aromatic rings. The zero-order valence-electron chi connectivity index (χ0n) is 6.15. The van der Waals surface area contributed by atoms with Crippen LogP contribution in [-0.2, 0) is 14.8 Å². The Labute approximate surface area is 78.6 Å². The fourth-order valence-electron chi connectivity index (χ4n) is 0.621. The molecule has 0 saturated heterocycles. The van der Waals surface area contributed by atoms with Crippen molar-refractivity contribution in [1.82, 2.24) is 4.98 Å². The average Bonchev–Trinajstić information content (AvgIpc) is 2.32. The molecule has 0 unspecified atom stereocenters. The fraction of sp³-hybridized carbons (Fsp3) is 0.400. The van der Waals surface area contributed by atoms with Crippen molar-refractivity contribution in [2.24, 2.45) is 0 Å². The maximum atomic E-state index is 10.6. The van der Waals surface area contributed by atoms with E-state index in [2.05, 4.69) is 4.98 Å². The lowest BCUT2D eigenvalue weighted by atomic mass is 10.6. The zero-order chi connectivity index (χ0) is 9.19. The van der Waals surface area contributed by atoms with Crippen LogP contribution in [0.2, 0.25) is 0 Å². The molecule has 12 heavy (non-hydrogen) atoms. The Morgan fingerprint density at radius 2 is 2.42 bits per heavy atom. The maximum absolute atomic E-state index is 10.6. The highest BCUT2D eigenvalue weighted by atomic mass is 35.7. The van der Waals surface area contributed by atoms with Crippen molar-refractivity contribution in [3.8, 4) is 5.19 Å². The molecule has 1 aromatic heterocycles. The van der Waals surface area contributed by atoms with Crippen molar-refractivity contribution in [3.05, 3.63) is 11.1 Å². The van der Waals surface area contributed by atoms with Crippen LogP contribution in [0.25, 0.3) is 0 Å². The van der Waals surface area contributed by atoms with E-state index in [0.29, 0.717) is 10.1 Å². The molecule has 0 aliphatic rings. The molecule has 1 heterocycles. The van der Waals surface area contributed by atoms with E-state index in [0.717, 1.165) is 11.3 Å². The number of rotatable bonds is 3. The van der Waals surface area contributed by atoms with Crippen LogP contribution in [0.1, 0.15) is 4.88 Å². The Hall–Kier alpha value is -0.330. The smallest absolute Gasteiger partial charge is 0.273 e. The Balaban J connectivity index is 2.78. The second kappa shape index (κ2) is 3.59. The van der Waals surface area contributed by atoms with E-state index in [9.17, 15) is 8.42 Å². The van der Waals surface area contributed by atoms with E-state index in [-0.39, 0.29) is 5.75 Å². The van der Waals surface area contributed by atoms with Gasteiger partial charge in [-0.25, -0.2) is 13.4 Å². The van der Waals surface area contributed by atoms with Gasteiger partial charge < -0.3 is 4.74 Å². The van der Waals surface area contributed by atoms with E-state index in [1.807, 2.05) is 0 Å². The Bertz CT molecular complexity index is 359. The van der Waals surface area contributed by atoms with Crippen LogP contribution in [0.5, 0.6) is 5.19 Å². The molecule has 0 spiro atoms. The van der Waals surface area contributed by atoms with Crippen LogP contribution in [0.3, 0.4) is 0 Å². The van der Waals surface area contributed by atoms with Gasteiger partial charge in [-0.1, -0.05) is 11.3 Å². The first-order valence-electron chi connectivity index (χ1n) is 2.92. The molecule has 0 fully saturated rings. The van der Waals surface area contributed by atoms with Gasteiger partial charge in [-0.05, 0) is 0 Å². The van der Waals surface area contributed by atoms with Crippen LogP contribution in [-0.4, -0.2) is 20.5 Å². The van der Waals surface area contributed by atoms with Crippen LogP contribution in [0.15, 0.2) is 6.20 Å². The standard InChI is InChI=1S/C5H6ClNO3S2/c1-10-5-7-2-4(11-5)3-12(6,8)9/h2H,3H2,1H3. The highest BCUT2D eigenvalue weighted by Crippen LogP contribution is 2.22. The molecule has 0 amide bonds. The molecule has 68 valence electrons. The number of methoxy groups -OCH3 is 1. The summed E-state index contributed by atoms with van der Waals surface area (Å²) in [6, 6.07) is 0. The van der Waals surface area contributed by atoms with E-state index < -0.39 is 9.05 Å². The minimum Gasteiger partial charge on any atom is -0.473 e. The zero-order valence-corrected chi connectivity index (χ0v) is 8.54. The molecule has 0 saturated carbocycles. The first-order chi connectivity index (χ1) is 5.51. The molecule has 0 radical (unpaired) electrons. The monoisotopic (exact) mass is 227 g/mol. The predicted octanol–water partition coefficient (Wildman–Crippen LogP) is 1.22. The molecule has 0 aromatic carbocycles. The van der Waals surface area contributed by atoms with Gasteiger partial charge in [0.15, 0.2) is 0 Å². The highest BCUT2D eigenvalue weighted by molar-refractivity contribution is 8.13. The fourth-order valence-corrected chi connectivity index (χ4v) is 2.80. The first kappa shape index (κ1) is 9.76. The molecular formula is C5H6ClNO3S2. The summed E-state index contributed by atoms with van der Waals surface area (Å²) in [7, 11) is 3.02. The Morgan fingerprint density at radius 1 is 1.75 bits per heavy atom. The summed E-state index contributed by atoms with van der Waals surface area (Å²) >= 11 is 1.16. The van der Waals surface area contributed by atoms with Crippen molar-refractivity contribution in [1.29, 1.82) is 0 Å². The van der Waals surface area contributed by atoms with Crippen molar-refractivity contribution >= 4 is 31.1 Å². The number of halogens is 1. The predicted molar refractivity (Wildman–Crippen MR) is 47.1 cm³/mol. The van der Waals surface area contributed by atoms with Gasteiger partial charge in [0.1, 0.15) is 5.75 Å². The van der Waals surface area contributed by atoms with Crippen molar-refractivity contribution in [2.75, 3.05) is 7.11 Å². The molecule has 7 heteroatoms. The van der Waals surface area contributed by atoms with Gasteiger partial charge in [0.25, 0.3) is 5.19 Å². The number of aromatic nitrogens is 1. The summed E-state index contributed by atoms with van der Waals surface area (Å²) in [5, 5.41) is 0.435. The number of hydrogen-bond donors (Lipinski definition) is 0. The quantitative estimate of drug-likeness (QED) is 0.729. The second-order valence-corrected chi connectivity index (χ2v) is 5.83. The summed E-state index contributed by atoms with van der Waals surface area (Å²) < 4.78 is 26.0. The molecule has 4 nitrogen and oxygen atoms in total. The second-order valence-electron chi connectivity index (χ2n) is 1.98. The van der Waals surface area contributed by atoms with Crippen LogP contribution >= 0.6 is 22.0 Å². The normalized spacial score (nSPS) is 11.5. The minimum absolute atomic E-state index is 0.199. The number of hydrogen-bond acceptors (Lipinski definition) is 5. The van der Waals surface area contributed by atoms with Gasteiger partial charge in [0.05, 0.1) is 7.11 Å². The summed E-state index contributed by atoms with van der Waals surface area (Å²) in [5.41, 5.74) is 0. The lowest BCUT2D eigenvalue weighted by Gasteiger charge is -1.89. The SMILES string of the molecule is COc1ncc(CS(=O)(=O)Cl)s1.